The van der Waals surface area contributed by atoms with E-state index in [1.54, 1.807) is 15.9 Å². The lowest BCUT2D eigenvalue weighted by Crippen LogP contribution is -2.51. The van der Waals surface area contributed by atoms with E-state index < -0.39 is 5.97 Å². The molecule has 8 nitrogen and oxygen atoms in total. The van der Waals surface area contributed by atoms with Gasteiger partial charge in [-0.25, -0.2) is 9.59 Å². The minimum atomic E-state index is -1.05. The van der Waals surface area contributed by atoms with Gasteiger partial charge in [-0.15, -0.1) is 11.3 Å². The first-order chi connectivity index (χ1) is 18.0. The molecule has 2 amide bonds. The normalized spacial score (nSPS) is 24.4. The van der Waals surface area contributed by atoms with Crippen molar-refractivity contribution in [1.82, 2.24) is 4.90 Å². The number of carboxylic acid groups (broad SMARTS) is 1. The van der Waals surface area contributed by atoms with Crippen molar-refractivity contribution in [2.24, 2.45) is 17.3 Å². The monoisotopic (exact) mass is 544 g/mol. The average molecular weight is 545 g/mol. The van der Waals surface area contributed by atoms with Crippen molar-refractivity contribution in [2.75, 3.05) is 31.2 Å². The molecule has 2 saturated heterocycles. The summed E-state index contributed by atoms with van der Waals surface area (Å²) in [6, 6.07) is 1.58. The zero-order valence-corrected chi connectivity index (χ0v) is 23.8. The van der Waals surface area contributed by atoms with Crippen LogP contribution in [0.4, 0.5) is 10.5 Å². The Hall–Kier alpha value is -2.57. The van der Waals surface area contributed by atoms with E-state index >= 15 is 0 Å². The number of thiophene rings is 1. The van der Waals surface area contributed by atoms with Gasteiger partial charge in [-0.3, -0.25) is 4.79 Å². The molecular formula is C29H40N2O6S. The number of rotatable bonds is 5. The smallest absolute Gasteiger partial charge is 0.410 e. The van der Waals surface area contributed by atoms with E-state index in [-0.39, 0.29) is 40.4 Å². The molecule has 1 aromatic heterocycles. The number of carboxylic acids is 1. The number of nitrogens with zero attached hydrogens (tertiary/aromatic N) is 2. The van der Waals surface area contributed by atoms with Gasteiger partial charge in [0.1, 0.15) is 11.0 Å². The first-order valence-electron chi connectivity index (χ1n) is 13.8. The molecule has 1 aromatic rings. The number of amides is 2. The number of anilines is 1. The Morgan fingerprint density at radius 1 is 1.11 bits per heavy atom. The van der Waals surface area contributed by atoms with Crippen LogP contribution in [0, 0.1) is 29.1 Å². The second-order valence-electron chi connectivity index (χ2n) is 11.9. The van der Waals surface area contributed by atoms with Crippen LogP contribution in [0.15, 0.2) is 6.07 Å². The predicted molar refractivity (Wildman–Crippen MR) is 147 cm³/mol. The molecule has 1 aliphatic carbocycles. The summed E-state index contributed by atoms with van der Waals surface area (Å²) >= 11 is 1.12. The van der Waals surface area contributed by atoms with Gasteiger partial charge in [0.15, 0.2) is 0 Å². The van der Waals surface area contributed by atoms with E-state index in [4.69, 9.17) is 9.47 Å². The van der Waals surface area contributed by atoms with Crippen molar-refractivity contribution < 1.29 is 29.0 Å². The molecule has 3 heterocycles. The third kappa shape index (κ3) is 7.09. The molecular weight excluding hydrogens is 504 g/mol. The molecule has 0 aromatic carbocycles. The van der Waals surface area contributed by atoms with Gasteiger partial charge < -0.3 is 24.4 Å². The Bertz CT molecular complexity index is 1070. The zero-order valence-electron chi connectivity index (χ0n) is 23.0. The van der Waals surface area contributed by atoms with Gasteiger partial charge >= 0.3 is 12.1 Å². The second kappa shape index (κ2) is 12.1. The Morgan fingerprint density at radius 2 is 1.79 bits per heavy atom. The topological polar surface area (TPSA) is 96.4 Å². The van der Waals surface area contributed by atoms with Gasteiger partial charge in [0.05, 0.1) is 23.8 Å². The fourth-order valence-electron chi connectivity index (χ4n) is 5.35. The van der Waals surface area contributed by atoms with Crippen molar-refractivity contribution in [3.63, 3.8) is 0 Å². The van der Waals surface area contributed by atoms with Gasteiger partial charge in [-0.2, -0.15) is 0 Å². The fourth-order valence-corrected chi connectivity index (χ4v) is 6.19. The summed E-state index contributed by atoms with van der Waals surface area (Å²) in [6.07, 6.45) is 4.90. The molecule has 0 radical (unpaired) electrons. The van der Waals surface area contributed by atoms with Crippen LogP contribution in [0.5, 0.6) is 0 Å². The lowest BCUT2D eigenvalue weighted by atomic mass is 9.82. The van der Waals surface area contributed by atoms with Gasteiger partial charge in [0.25, 0.3) is 0 Å². The summed E-state index contributed by atoms with van der Waals surface area (Å²) in [4.78, 5) is 43.3. The molecule has 2 aliphatic heterocycles. The third-order valence-corrected chi connectivity index (χ3v) is 8.60. The SMILES string of the molecule is CC1CCC(C(=O)N(c2cc(C#CC(C)(C)C)sc2C(=O)O)C2CCN(C(=O)O[C@H]3CCOC3)CC2)CC1. The van der Waals surface area contributed by atoms with E-state index in [0.29, 0.717) is 62.0 Å². The quantitative estimate of drug-likeness (QED) is 0.499. The van der Waals surface area contributed by atoms with Crippen molar-refractivity contribution in [3.05, 3.63) is 15.8 Å². The highest BCUT2D eigenvalue weighted by molar-refractivity contribution is 7.15. The summed E-state index contributed by atoms with van der Waals surface area (Å²) in [7, 11) is 0. The minimum Gasteiger partial charge on any atom is -0.477 e. The summed E-state index contributed by atoms with van der Waals surface area (Å²) in [6.45, 7) is 10.2. The molecule has 0 unspecified atom stereocenters. The highest BCUT2D eigenvalue weighted by atomic mass is 32.1. The van der Waals surface area contributed by atoms with Crippen LogP contribution in [0.3, 0.4) is 0 Å². The second-order valence-corrected chi connectivity index (χ2v) is 12.9. The number of aromatic carboxylic acids is 1. The summed E-state index contributed by atoms with van der Waals surface area (Å²) in [5, 5.41) is 10.1. The van der Waals surface area contributed by atoms with Gasteiger partial charge in [0.2, 0.25) is 5.91 Å². The maximum absolute atomic E-state index is 14.0. The predicted octanol–water partition coefficient (Wildman–Crippen LogP) is 5.39. The lowest BCUT2D eigenvalue weighted by Gasteiger charge is -2.40. The van der Waals surface area contributed by atoms with Crippen LogP contribution >= 0.6 is 11.3 Å². The molecule has 208 valence electrons. The molecule has 1 saturated carbocycles. The molecule has 3 fully saturated rings. The Morgan fingerprint density at radius 3 is 2.37 bits per heavy atom. The lowest BCUT2D eigenvalue weighted by molar-refractivity contribution is -0.124. The van der Waals surface area contributed by atoms with E-state index in [0.717, 1.165) is 37.0 Å². The van der Waals surface area contributed by atoms with Crippen molar-refractivity contribution in [1.29, 1.82) is 0 Å². The number of hydrogen-bond donors (Lipinski definition) is 1. The number of piperidine rings is 1. The Balaban J connectivity index is 1.58. The maximum Gasteiger partial charge on any atom is 0.410 e. The van der Waals surface area contributed by atoms with Crippen LogP contribution < -0.4 is 4.90 Å². The minimum absolute atomic E-state index is 0.00309. The molecule has 4 rings (SSSR count). The molecule has 1 atom stereocenters. The summed E-state index contributed by atoms with van der Waals surface area (Å²) in [5.74, 6) is 5.73. The average Bonchev–Trinajstić information content (AvgIpc) is 3.53. The van der Waals surface area contributed by atoms with E-state index in [1.807, 2.05) is 20.8 Å². The molecule has 9 heteroatoms. The first-order valence-corrected chi connectivity index (χ1v) is 14.6. The standard InChI is InChI=1S/C29H40N2O6S/c1-19-5-7-20(8-6-19)26(32)31(24-17-23(9-13-29(2,3)4)38-25(24)27(33)34)21-10-14-30(15-11-21)28(35)37-22-12-16-36-18-22/h17,19-22H,5-8,10-12,14-16,18H2,1-4H3,(H,33,34)/t19?,20?,22-/m0/s1. The molecule has 0 spiro atoms. The maximum atomic E-state index is 14.0. The molecule has 1 N–H and O–H groups in total. The molecule has 3 aliphatic rings. The molecule has 38 heavy (non-hydrogen) atoms. The Kier molecular flexibility index (Phi) is 9.04. The van der Waals surface area contributed by atoms with Crippen molar-refractivity contribution in [3.8, 4) is 11.8 Å². The van der Waals surface area contributed by atoms with Crippen LogP contribution in [0.25, 0.3) is 0 Å². The third-order valence-electron chi connectivity index (χ3n) is 7.57. The number of hydrogen-bond acceptors (Lipinski definition) is 6. The number of ether oxygens (including phenoxy) is 2. The van der Waals surface area contributed by atoms with Crippen molar-refractivity contribution in [2.45, 2.75) is 84.8 Å². The van der Waals surface area contributed by atoms with E-state index in [1.165, 1.54) is 0 Å². The summed E-state index contributed by atoms with van der Waals surface area (Å²) < 4.78 is 10.9. The number of likely N-dealkylation sites (tertiary alicyclic amines) is 1. The van der Waals surface area contributed by atoms with Crippen molar-refractivity contribution >= 4 is 35.0 Å². The van der Waals surface area contributed by atoms with Gasteiger partial charge in [0, 0.05) is 36.9 Å². The number of carbonyl (C=O) groups is 3. The Labute approximate surface area is 229 Å². The summed E-state index contributed by atoms with van der Waals surface area (Å²) in [5.41, 5.74) is 0.210. The largest absolute Gasteiger partial charge is 0.477 e. The van der Waals surface area contributed by atoms with Crippen LogP contribution in [-0.2, 0) is 14.3 Å². The van der Waals surface area contributed by atoms with Gasteiger partial charge in [-0.1, -0.05) is 18.8 Å². The van der Waals surface area contributed by atoms with E-state index in [2.05, 4.69) is 18.8 Å². The van der Waals surface area contributed by atoms with E-state index in [9.17, 15) is 19.5 Å². The fraction of sp³-hybridized carbons (Fsp3) is 0.690. The van der Waals surface area contributed by atoms with Gasteiger partial charge in [-0.05, 0) is 71.3 Å². The zero-order chi connectivity index (χ0) is 27.4. The highest BCUT2D eigenvalue weighted by Gasteiger charge is 2.38. The van der Waals surface area contributed by atoms with Crippen LogP contribution in [0.2, 0.25) is 0 Å². The highest BCUT2D eigenvalue weighted by Crippen LogP contribution is 2.38. The van der Waals surface area contributed by atoms with Crippen LogP contribution in [0.1, 0.15) is 87.2 Å². The number of carbonyl (C=O) groups excluding carboxylic acids is 2. The first kappa shape index (κ1) is 28.4. The molecule has 0 bridgehead atoms. The van der Waals surface area contributed by atoms with Crippen LogP contribution in [-0.4, -0.2) is 66.4 Å².